The minimum atomic E-state index is -3.86. The van der Waals surface area contributed by atoms with Crippen molar-refractivity contribution in [2.24, 2.45) is 0 Å². The molecule has 1 saturated carbocycles. The third-order valence-corrected chi connectivity index (χ3v) is 8.54. The second-order valence-electron chi connectivity index (χ2n) is 9.24. The average molecular weight is 520 g/mol. The van der Waals surface area contributed by atoms with Gasteiger partial charge in [0.15, 0.2) is 0 Å². The van der Waals surface area contributed by atoms with Crippen LogP contribution in [0.25, 0.3) is 0 Å². The van der Waals surface area contributed by atoms with E-state index >= 15 is 0 Å². The Morgan fingerprint density at radius 2 is 1.63 bits per heavy atom. The van der Waals surface area contributed by atoms with E-state index in [-0.39, 0.29) is 29.9 Å². The Balaban J connectivity index is 1.78. The third-order valence-electron chi connectivity index (χ3n) is 6.47. The predicted molar refractivity (Wildman–Crippen MR) is 137 cm³/mol. The molecular formula is C26H34ClN3O4S. The number of carbonyl (C=O) groups is 2. The Bertz CT molecular complexity index is 1110. The largest absolute Gasteiger partial charge is 0.352 e. The van der Waals surface area contributed by atoms with E-state index in [1.54, 1.807) is 43.3 Å². The summed E-state index contributed by atoms with van der Waals surface area (Å²) >= 11 is 6.00. The van der Waals surface area contributed by atoms with Crippen LogP contribution in [0.15, 0.2) is 53.4 Å². The molecule has 0 aromatic heterocycles. The van der Waals surface area contributed by atoms with E-state index in [2.05, 4.69) is 5.32 Å². The van der Waals surface area contributed by atoms with Crippen molar-refractivity contribution in [3.05, 3.63) is 64.7 Å². The zero-order chi connectivity index (χ0) is 25.6. The van der Waals surface area contributed by atoms with Gasteiger partial charge in [0.2, 0.25) is 21.8 Å². The molecule has 1 atom stereocenters. The van der Waals surface area contributed by atoms with Crippen molar-refractivity contribution in [3.63, 3.8) is 0 Å². The first-order chi connectivity index (χ1) is 16.6. The Labute approximate surface area is 213 Å². The molecule has 0 unspecified atom stereocenters. The van der Waals surface area contributed by atoms with Crippen molar-refractivity contribution in [2.75, 3.05) is 13.6 Å². The lowest BCUT2D eigenvalue weighted by Crippen LogP contribution is -2.52. The first-order valence-electron chi connectivity index (χ1n) is 11.9. The molecule has 0 bridgehead atoms. The molecule has 0 saturated heterocycles. The van der Waals surface area contributed by atoms with E-state index in [1.807, 2.05) is 6.92 Å². The van der Waals surface area contributed by atoms with Crippen LogP contribution in [-0.4, -0.2) is 55.1 Å². The SMILES string of the molecule is Cc1ccc(S(=O)(=O)N(C)CC(=O)N(Cc2ccc(Cl)cc2)[C@@H](C)C(=O)NC2CCCCC2)cc1. The van der Waals surface area contributed by atoms with Crippen molar-refractivity contribution in [1.82, 2.24) is 14.5 Å². The predicted octanol–water partition coefficient (Wildman–Crippen LogP) is 4.14. The van der Waals surface area contributed by atoms with Crippen LogP contribution in [0.5, 0.6) is 0 Å². The Morgan fingerprint density at radius 3 is 2.23 bits per heavy atom. The lowest BCUT2D eigenvalue weighted by molar-refractivity contribution is -0.141. The molecule has 0 aliphatic heterocycles. The topological polar surface area (TPSA) is 86.8 Å². The first kappa shape index (κ1) is 27.2. The molecule has 1 N–H and O–H groups in total. The van der Waals surface area contributed by atoms with Crippen LogP contribution in [0.4, 0.5) is 0 Å². The number of likely N-dealkylation sites (N-methyl/N-ethyl adjacent to an activating group) is 1. The fraction of sp³-hybridized carbons (Fsp3) is 0.462. The second-order valence-corrected chi connectivity index (χ2v) is 11.7. The first-order valence-corrected chi connectivity index (χ1v) is 13.8. The number of nitrogens with one attached hydrogen (secondary N) is 1. The van der Waals surface area contributed by atoms with Crippen molar-refractivity contribution in [3.8, 4) is 0 Å². The summed E-state index contributed by atoms with van der Waals surface area (Å²) in [6, 6.07) is 12.9. The Hall–Kier alpha value is -2.42. The van der Waals surface area contributed by atoms with Gasteiger partial charge in [-0.15, -0.1) is 0 Å². The van der Waals surface area contributed by atoms with Gasteiger partial charge in [-0.05, 0) is 56.5 Å². The minimum Gasteiger partial charge on any atom is -0.352 e. The summed E-state index contributed by atoms with van der Waals surface area (Å²) in [6.07, 6.45) is 5.19. The maximum Gasteiger partial charge on any atom is 0.243 e. The molecule has 190 valence electrons. The van der Waals surface area contributed by atoms with Gasteiger partial charge in [0.05, 0.1) is 11.4 Å². The van der Waals surface area contributed by atoms with E-state index < -0.39 is 22.0 Å². The van der Waals surface area contributed by atoms with Gasteiger partial charge in [0, 0.05) is 24.7 Å². The second kappa shape index (κ2) is 12.0. The lowest BCUT2D eigenvalue weighted by atomic mass is 9.95. The molecule has 1 fully saturated rings. The van der Waals surface area contributed by atoms with Crippen LogP contribution in [0.3, 0.4) is 0 Å². The normalized spacial score (nSPS) is 15.6. The summed E-state index contributed by atoms with van der Waals surface area (Å²) in [5.41, 5.74) is 1.73. The van der Waals surface area contributed by atoms with E-state index in [1.165, 1.54) is 30.5 Å². The van der Waals surface area contributed by atoms with E-state index in [0.29, 0.717) is 5.02 Å². The third kappa shape index (κ3) is 7.29. The molecule has 9 heteroatoms. The van der Waals surface area contributed by atoms with Crippen molar-refractivity contribution in [1.29, 1.82) is 0 Å². The number of hydrogen-bond acceptors (Lipinski definition) is 4. The molecule has 2 aromatic carbocycles. The molecule has 2 aromatic rings. The molecule has 0 heterocycles. The van der Waals surface area contributed by atoms with Crippen LogP contribution in [0.1, 0.15) is 50.2 Å². The fourth-order valence-electron chi connectivity index (χ4n) is 4.19. The minimum absolute atomic E-state index is 0.107. The highest BCUT2D eigenvalue weighted by Crippen LogP contribution is 2.20. The number of rotatable bonds is 9. The number of sulfonamides is 1. The highest BCUT2D eigenvalue weighted by atomic mass is 35.5. The van der Waals surface area contributed by atoms with Gasteiger partial charge in [-0.1, -0.05) is 60.7 Å². The number of benzene rings is 2. The Kier molecular flexibility index (Phi) is 9.33. The lowest BCUT2D eigenvalue weighted by Gasteiger charge is -2.32. The van der Waals surface area contributed by atoms with Crippen LogP contribution in [0, 0.1) is 6.92 Å². The molecule has 7 nitrogen and oxygen atoms in total. The van der Waals surface area contributed by atoms with Crippen molar-refractivity contribution in [2.45, 2.75) is 69.5 Å². The molecule has 0 radical (unpaired) electrons. The van der Waals surface area contributed by atoms with Gasteiger partial charge in [-0.2, -0.15) is 4.31 Å². The van der Waals surface area contributed by atoms with E-state index in [9.17, 15) is 18.0 Å². The van der Waals surface area contributed by atoms with Crippen LogP contribution in [0.2, 0.25) is 5.02 Å². The molecule has 0 spiro atoms. The average Bonchev–Trinajstić information content (AvgIpc) is 2.84. The van der Waals surface area contributed by atoms with Gasteiger partial charge in [0.25, 0.3) is 0 Å². The standard InChI is InChI=1S/C26H34ClN3O4S/c1-19-9-15-24(16-10-19)35(33,34)29(3)18-25(31)30(17-21-11-13-22(27)14-12-21)20(2)26(32)28-23-7-5-4-6-8-23/h9-16,20,23H,4-8,17-18H2,1-3H3,(H,28,32)/t20-/m0/s1. The number of halogens is 1. The highest BCUT2D eigenvalue weighted by molar-refractivity contribution is 7.89. The number of hydrogen-bond donors (Lipinski definition) is 1. The summed E-state index contributed by atoms with van der Waals surface area (Å²) in [5, 5.41) is 3.65. The summed E-state index contributed by atoms with van der Waals surface area (Å²) in [5.74, 6) is -0.687. The number of carbonyl (C=O) groups excluding carboxylic acids is 2. The van der Waals surface area contributed by atoms with E-state index in [0.717, 1.165) is 41.1 Å². The molecule has 3 rings (SSSR count). The van der Waals surface area contributed by atoms with Gasteiger partial charge in [-0.3, -0.25) is 9.59 Å². The van der Waals surface area contributed by atoms with Crippen LogP contribution < -0.4 is 5.32 Å². The zero-order valence-corrected chi connectivity index (χ0v) is 22.1. The van der Waals surface area contributed by atoms with Gasteiger partial charge in [0.1, 0.15) is 6.04 Å². The highest BCUT2D eigenvalue weighted by Gasteiger charge is 2.31. The summed E-state index contributed by atoms with van der Waals surface area (Å²) < 4.78 is 27.1. The van der Waals surface area contributed by atoms with Crippen molar-refractivity contribution >= 4 is 33.4 Å². The molecule has 35 heavy (non-hydrogen) atoms. The summed E-state index contributed by atoms with van der Waals surface area (Å²) in [4.78, 5) is 28.0. The summed E-state index contributed by atoms with van der Waals surface area (Å²) in [7, 11) is -2.49. The summed E-state index contributed by atoms with van der Waals surface area (Å²) in [6.45, 7) is 3.33. The smallest absolute Gasteiger partial charge is 0.243 e. The fourth-order valence-corrected chi connectivity index (χ4v) is 5.44. The number of amides is 2. The molecule has 2 amide bonds. The molecule has 1 aliphatic carbocycles. The quantitative estimate of drug-likeness (QED) is 0.539. The van der Waals surface area contributed by atoms with Crippen LogP contribution >= 0.6 is 11.6 Å². The Morgan fingerprint density at radius 1 is 1.03 bits per heavy atom. The monoisotopic (exact) mass is 519 g/mol. The maximum atomic E-state index is 13.4. The van der Waals surface area contributed by atoms with Gasteiger partial charge >= 0.3 is 0 Å². The van der Waals surface area contributed by atoms with Gasteiger partial charge < -0.3 is 10.2 Å². The van der Waals surface area contributed by atoms with Gasteiger partial charge in [-0.25, -0.2) is 8.42 Å². The molecule has 1 aliphatic rings. The molecular weight excluding hydrogens is 486 g/mol. The zero-order valence-electron chi connectivity index (χ0n) is 20.5. The number of nitrogens with zero attached hydrogens (tertiary/aromatic N) is 2. The van der Waals surface area contributed by atoms with E-state index in [4.69, 9.17) is 11.6 Å². The van der Waals surface area contributed by atoms with Crippen LogP contribution in [-0.2, 0) is 26.2 Å². The number of aryl methyl sites for hydroxylation is 1. The van der Waals surface area contributed by atoms with Crippen molar-refractivity contribution < 1.29 is 18.0 Å². The maximum absolute atomic E-state index is 13.4.